The van der Waals surface area contributed by atoms with Crippen LogP contribution in [0.15, 0.2) is 23.4 Å². The lowest BCUT2D eigenvalue weighted by Gasteiger charge is -2.38. The minimum atomic E-state index is 0.133. The van der Waals surface area contributed by atoms with Crippen LogP contribution in [0.3, 0.4) is 0 Å². The average molecular weight is 277 g/mol. The largest absolute Gasteiger partial charge is 0.409 e. The molecule has 5 heteroatoms. The lowest BCUT2D eigenvalue weighted by atomic mass is 9.96. The molecule has 0 aromatic heterocycles. The lowest BCUT2D eigenvalue weighted by Crippen LogP contribution is -2.41. The monoisotopic (exact) mass is 277 g/mol. The standard InChI is InChI=1S/C15H23N3O2/c1-11-5-6-13(15(16)17-20)14(10-11)18-8-3-2-4-12(18)7-9-19/h5-6,10,12,19-20H,2-4,7-9H2,1H3,(H2,16,17). The second-order valence-electron chi connectivity index (χ2n) is 5.36. The molecule has 0 bridgehead atoms. The second kappa shape index (κ2) is 6.61. The smallest absolute Gasteiger partial charge is 0.172 e. The van der Waals surface area contributed by atoms with E-state index in [1.165, 1.54) is 6.42 Å². The van der Waals surface area contributed by atoms with Gasteiger partial charge in [0.1, 0.15) is 0 Å². The van der Waals surface area contributed by atoms with Gasteiger partial charge in [0.05, 0.1) is 0 Å². The fourth-order valence-electron chi connectivity index (χ4n) is 2.92. The van der Waals surface area contributed by atoms with Crippen LogP contribution in [0.4, 0.5) is 5.69 Å². The molecule has 0 spiro atoms. The zero-order valence-corrected chi connectivity index (χ0v) is 11.9. The van der Waals surface area contributed by atoms with E-state index in [2.05, 4.69) is 16.1 Å². The van der Waals surface area contributed by atoms with Gasteiger partial charge >= 0.3 is 0 Å². The van der Waals surface area contributed by atoms with Crippen molar-refractivity contribution in [3.63, 3.8) is 0 Å². The average Bonchev–Trinajstić information content (AvgIpc) is 2.47. The first-order valence-corrected chi connectivity index (χ1v) is 7.13. The molecule has 1 aromatic rings. The van der Waals surface area contributed by atoms with Crippen molar-refractivity contribution in [2.75, 3.05) is 18.1 Å². The predicted octanol–water partition coefficient (Wildman–Crippen LogP) is 1.83. The first kappa shape index (κ1) is 14.7. The number of aliphatic hydroxyl groups is 1. The number of hydrogen-bond donors (Lipinski definition) is 3. The fourth-order valence-corrected chi connectivity index (χ4v) is 2.92. The molecular weight excluding hydrogens is 254 g/mol. The number of nitrogens with zero attached hydrogens (tertiary/aromatic N) is 2. The highest BCUT2D eigenvalue weighted by Crippen LogP contribution is 2.30. The number of nitrogens with two attached hydrogens (primary N) is 1. The number of aliphatic hydroxyl groups excluding tert-OH is 1. The van der Waals surface area contributed by atoms with Crippen LogP contribution in [0.1, 0.15) is 36.8 Å². The summed E-state index contributed by atoms with van der Waals surface area (Å²) in [6.07, 6.45) is 4.14. The Balaban J connectivity index is 2.40. The normalized spacial score (nSPS) is 20.2. The van der Waals surface area contributed by atoms with Crippen molar-refractivity contribution in [1.29, 1.82) is 0 Å². The van der Waals surface area contributed by atoms with E-state index in [1.807, 2.05) is 19.1 Å². The summed E-state index contributed by atoms with van der Waals surface area (Å²) in [5.74, 6) is 0.133. The van der Waals surface area contributed by atoms with E-state index in [4.69, 9.17) is 10.9 Å². The Kier molecular flexibility index (Phi) is 4.84. The van der Waals surface area contributed by atoms with Crippen molar-refractivity contribution in [3.05, 3.63) is 29.3 Å². The molecule has 1 saturated heterocycles. The van der Waals surface area contributed by atoms with Crippen LogP contribution in [0.25, 0.3) is 0 Å². The van der Waals surface area contributed by atoms with Crippen molar-refractivity contribution in [2.45, 2.75) is 38.6 Å². The molecule has 1 atom stereocenters. The second-order valence-corrected chi connectivity index (χ2v) is 5.36. The van der Waals surface area contributed by atoms with Crippen molar-refractivity contribution in [1.82, 2.24) is 0 Å². The van der Waals surface area contributed by atoms with E-state index in [-0.39, 0.29) is 12.4 Å². The molecule has 0 aliphatic carbocycles. The van der Waals surface area contributed by atoms with Crippen molar-refractivity contribution in [3.8, 4) is 0 Å². The summed E-state index contributed by atoms with van der Waals surface area (Å²) in [5, 5.41) is 21.3. The summed E-state index contributed by atoms with van der Waals surface area (Å²) in [6, 6.07) is 6.25. The van der Waals surface area contributed by atoms with Gasteiger partial charge < -0.3 is 20.9 Å². The van der Waals surface area contributed by atoms with Gasteiger partial charge in [-0.3, -0.25) is 0 Å². The van der Waals surface area contributed by atoms with E-state index in [1.54, 1.807) is 0 Å². The maximum Gasteiger partial charge on any atom is 0.172 e. The van der Waals surface area contributed by atoms with Crippen molar-refractivity contribution >= 4 is 11.5 Å². The molecule has 4 N–H and O–H groups in total. The van der Waals surface area contributed by atoms with Gasteiger partial charge in [-0.05, 0) is 50.3 Å². The summed E-state index contributed by atoms with van der Waals surface area (Å²) in [6.45, 7) is 3.16. The maximum absolute atomic E-state index is 9.25. The Morgan fingerprint density at radius 3 is 2.95 bits per heavy atom. The molecular formula is C15H23N3O2. The highest BCUT2D eigenvalue weighted by molar-refractivity contribution is 6.02. The quantitative estimate of drug-likeness (QED) is 0.339. The van der Waals surface area contributed by atoms with E-state index in [0.29, 0.717) is 6.04 Å². The van der Waals surface area contributed by atoms with Crippen molar-refractivity contribution < 1.29 is 10.3 Å². The molecule has 1 unspecified atom stereocenters. The van der Waals surface area contributed by atoms with Gasteiger partial charge in [0.2, 0.25) is 0 Å². The summed E-state index contributed by atoms with van der Waals surface area (Å²) >= 11 is 0. The molecule has 1 aliphatic heterocycles. The van der Waals surface area contributed by atoms with E-state index in [0.717, 1.165) is 42.6 Å². The third-order valence-electron chi connectivity index (χ3n) is 3.94. The third-order valence-corrected chi connectivity index (χ3v) is 3.94. The number of anilines is 1. The summed E-state index contributed by atoms with van der Waals surface area (Å²) in [5.41, 5.74) is 8.69. The molecule has 1 heterocycles. The molecule has 0 saturated carbocycles. The van der Waals surface area contributed by atoms with Crippen molar-refractivity contribution in [2.24, 2.45) is 10.9 Å². The molecule has 1 aliphatic rings. The lowest BCUT2D eigenvalue weighted by molar-refractivity contribution is 0.262. The van der Waals surface area contributed by atoms with Crippen LogP contribution in [0, 0.1) is 6.92 Å². The highest BCUT2D eigenvalue weighted by atomic mass is 16.4. The first-order chi connectivity index (χ1) is 9.67. The summed E-state index contributed by atoms with van der Waals surface area (Å²) < 4.78 is 0. The molecule has 110 valence electrons. The number of piperidine rings is 1. The zero-order valence-electron chi connectivity index (χ0n) is 11.9. The molecule has 20 heavy (non-hydrogen) atoms. The number of aryl methyl sites for hydroxylation is 1. The van der Waals surface area contributed by atoms with Gasteiger partial charge in [0, 0.05) is 30.4 Å². The van der Waals surface area contributed by atoms with E-state index >= 15 is 0 Å². The highest BCUT2D eigenvalue weighted by Gasteiger charge is 2.25. The minimum absolute atomic E-state index is 0.133. The van der Waals surface area contributed by atoms with E-state index < -0.39 is 0 Å². The van der Waals surface area contributed by atoms with Gasteiger partial charge in [0.15, 0.2) is 5.84 Å². The molecule has 2 rings (SSSR count). The topological polar surface area (TPSA) is 82.1 Å². The van der Waals surface area contributed by atoms with Crippen LogP contribution in [0.2, 0.25) is 0 Å². The van der Waals surface area contributed by atoms with E-state index in [9.17, 15) is 5.11 Å². The van der Waals surface area contributed by atoms with Crippen LogP contribution in [-0.4, -0.2) is 35.3 Å². The number of oxime groups is 1. The number of rotatable bonds is 4. The Morgan fingerprint density at radius 1 is 1.45 bits per heavy atom. The van der Waals surface area contributed by atoms with Gasteiger partial charge in [-0.1, -0.05) is 11.2 Å². The SMILES string of the molecule is Cc1ccc(C(N)=NO)c(N2CCCCC2CCO)c1. The molecule has 5 nitrogen and oxygen atoms in total. The number of amidine groups is 1. The van der Waals surface area contributed by atoms with Gasteiger partial charge in [-0.25, -0.2) is 0 Å². The zero-order chi connectivity index (χ0) is 14.5. The first-order valence-electron chi connectivity index (χ1n) is 7.13. The summed E-state index contributed by atoms with van der Waals surface area (Å²) in [4.78, 5) is 2.29. The molecule has 1 fully saturated rings. The van der Waals surface area contributed by atoms with Crippen LogP contribution >= 0.6 is 0 Å². The Hall–Kier alpha value is -1.75. The summed E-state index contributed by atoms with van der Waals surface area (Å²) in [7, 11) is 0. The Morgan fingerprint density at radius 2 is 2.25 bits per heavy atom. The number of benzene rings is 1. The molecule has 1 aromatic carbocycles. The van der Waals surface area contributed by atoms with Gasteiger partial charge in [-0.15, -0.1) is 0 Å². The Bertz CT molecular complexity index is 486. The van der Waals surface area contributed by atoms with Crippen LogP contribution < -0.4 is 10.6 Å². The maximum atomic E-state index is 9.25. The fraction of sp³-hybridized carbons (Fsp3) is 0.533. The third kappa shape index (κ3) is 3.04. The number of hydrogen-bond acceptors (Lipinski definition) is 4. The molecule has 0 amide bonds. The van der Waals surface area contributed by atoms with Crippen LogP contribution in [-0.2, 0) is 0 Å². The van der Waals surface area contributed by atoms with Gasteiger partial charge in [-0.2, -0.15) is 0 Å². The van der Waals surface area contributed by atoms with Crippen LogP contribution in [0.5, 0.6) is 0 Å². The predicted molar refractivity (Wildman–Crippen MR) is 80.4 cm³/mol. The van der Waals surface area contributed by atoms with Gasteiger partial charge in [0.25, 0.3) is 0 Å². The minimum Gasteiger partial charge on any atom is -0.409 e. The Labute approximate surface area is 119 Å². The molecule has 0 radical (unpaired) electrons.